The number of fused-ring (bicyclic) bond motifs is 3. The highest BCUT2D eigenvalue weighted by molar-refractivity contribution is 6.06. The first kappa shape index (κ1) is 20.8. The maximum atomic E-state index is 13.0. The molecule has 2 aliphatic carbocycles. The molecule has 10 heteroatoms. The van der Waals surface area contributed by atoms with Crippen LogP contribution in [0.15, 0.2) is 18.2 Å². The third-order valence-corrected chi connectivity index (χ3v) is 6.54. The van der Waals surface area contributed by atoms with Gasteiger partial charge >= 0.3 is 12.1 Å². The van der Waals surface area contributed by atoms with E-state index in [1.54, 1.807) is 12.1 Å². The van der Waals surface area contributed by atoms with Crippen molar-refractivity contribution in [2.45, 2.75) is 56.8 Å². The van der Waals surface area contributed by atoms with Crippen LogP contribution in [0.1, 0.15) is 63.4 Å². The smallest absolute Gasteiger partial charge is 0.422 e. The Balaban J connectivity index is 1.44. The number of amides is 1. The second kappa shape index (κ2) is 7.25. The fourth-order valence-electron chi connectivity index (χ4n) is 4.87. The molecule has 3 aliphatic rings. The number of carbonyl (C=O) groups excluding carboxylic acids is 1. The third kappa shape index (κ3) is 3.71. The summed E-state index contributed by atoms with van der Waals surface area (Å²) in [6.07, 6.45) is 0.124. The van der Waals surface area contributed by atoms with Crippen molar-refractivity contribution >= 4 is 11.9 Å². The van der Waals surface area contributed by atoms with Gasteiger partial charge in [0.05, 0.1) is 16.8 Å². The zero-order chi connectivity index (χ0) is 22.7. The Kier molecular flexibility index (Phi) is 4.72. The van der Waals surface area contributed by atoms with E-state index in [4.69, 9.17) is 4.74 Å². The maximum Gasteiger partial charge on any atom is 0.422 e. The average molecular weight is 449 g/mol. The van der Waals surface area contributed by atoms with Crippen molar-refractivity contribution in [3.05, 3.63) is 46.3 Å². The Morgan fingerprint density at radius 3 is 2.81 bits per heavy atom. The van der Waals surface area contributed by atoms with E-state index >= 15 is 0 Å². The van der Waals surface area contributed by atoms with E-state index in [0.717, 1.165) is 30.4 Å². The van der Waals surface area contributed by atoms with Crippen molar-refractivity contribution in [1.82, 2.24) is 15.1 Å². The van der Waals surface area contributed by atoms with Gasteiger partial charge in [0.25, 0.3) is 5.91 Å². The molecule has 7 nitrogen and oxygen atoms in total. The van der Waals surface area contributed by atoms with Gasteiger partial charge in [-0.2, -0.15) is 18.3 Å². The van der Waals surface area contributed by atoms with Crippen molar-refractivity contribution in [3.63, 3.8) is 0 Å². The van der Waals surface area contributed by atoms with E-state index in [1.807, 2.05) is 0 Å². The highest BCUT2D eigenvalue weighted by atomic mass is 19.4. The molecule has 1 aromatic carbocycles. The Hall–Kier alpha value is -3.04. The summed E-state index contributed by atoms with van der Waals surface area (Å²) < 4.78 is 43.7. The molecule has 1 atom stereocenters. The van der Waals surface area contributed by atoms with Gasteiger partial charge in [-0.25, -0.2) is 4.79 Å². The van der Waals surface area contributed by atoms with Crippen molar-refractivity contribution in [3.8, 4) is 5.75 Å². The highest BCUT2D eigenvalue weighted by Crippen LogP contribution is 2.44. The monoisotopic (exact) mass is 449 g/mol. The normalized spacial score (nSPS) is 21.9. The summed E-state index contributed by atoms with van der Waals surface area (Å²) in [5.41, 5.74) is 1.33. The van der Waals surface area contributed by atoms with Crippen molar-refractivity contribution in [2.24, 2.45) is 5.92 Å². The van der Waals surface area contributed by atoms with Crippen LogP contribution in [-0.2, 0) is 24.9 Å². The number of benzene rings is 1. The Bertz CT molecular complexity index is 1110. The molecule has 0 radical (unpaired) electrons. The quantitative estimate of drug-likeness (QED) is 0.705. The van der Waals surface area contributed by atoms with Crippen LogP contribution in [-0.4, -0.2) is 39.5 Å². The summed E-state index contributed by atoms with van der Waals surface area (Å²) in [6, 6.07) is 4.73. The summed E-state index contributed by atoms with van der Waals surface area (Å²) in [5.74, 6) is -0.947. The molecule has 170 valence electrons. The van der Waals surface area contributed by atoms with Gasteiger partial charge in [0, 0.05) is 13.0 Å². The molecule has 5 rings (SSSR count). The standard InChI is InChI=1S/C22H22F3N3O4/c23-22(24,25)11-32-14-3-4-15-13(9-14)5-7-21(15)10-16-17(19(29)26-21)18(20(30)31)28(27-16)8-6-12-1-2-12/h3-4,9,12H,1-2,5-8,10-11H2,(H,26,29)(H,30,31)/t21-/m0/s1. The lowest BCUT2D eigenvalue weighted by atomic mass is 9.82. The number of ether oxygens (including phenoxy) is 1. The van der Waals surface area contributed by atoms with Gasteiger partial charge in [0.2, 0.25) is 0 Å². The Labute approximate surface area is 181 Å². The van der Waals surface area contributed by atoms with E-state index in [-0.39, 0.29) is 17.0 Å². The van der Waals surface area contributed by atoms with Gasteiger partial charge in [-0.15, -0.1) is 0 Å². The summed E-state index contributed by atoms with van der Waals surface area (Å²) >= 11 is 0. The maximum absolute atomic E-state index is 13.0. The SMILES string of the molecule is O=C1N[C@@]2(CCc3cc(OCC(F)(F)F)ccc32)Cc2nn(CCC3CC3)c(C(=O)O)c21. The minimum atomic E-state index is -4.42. The number of carboxylic acids is 1. The lowest BCUT2D eigenvalue weighted by Gasteiger charge is -2.35. The second-order valence-corrected chi connectivity index (χ2v) is 8.87. The fraction of sp³-hybridized carbons (Fsp3) is 0.500. The number of aromatic nitrogens is 2. The number of nitrogens with one attached hydrogen (secondary N) is 1. The van der Waals surface area contributed by atoms with Gasteiger partial charge < -0.3 is 15.2 Å². The summed E-state index contributed by atoms with van der Waals surface area (Å²) in [5, 5.41) is 17.2. The van der Waals surface area contributed by atoms with Crippen LogP contribution in [0.3, 0.4) is 0 Å². The van der Waals surface area contributed by atoms with Crippen LogP contribution in [0, 0.1) is 5.92 Å². The van der Waals surface area contributed by atoms with Crippen LogP contribution in [0.5, 0.6) is 5.75 Å². The zero-order valence-electron chi connectivity index (χ0n) is 17.2. The summed E-state index contributed by atoms with van der Waals surface area (Å²) in [6.45, 7) is -0.913. The molecule has 1 saturated carbocycles. The number of rotatable bonds is 6. The zero-order valence-corrected chi connectivity index (χ0v) is 17.2. The molecule has 1 fully saturated rings. The van der Waals surface area contributed by atoms with Crippen LogP contribution < -0.4 is 10.1 Å². The molecule has 2 heterocycles. The average Bonchev–Trinajstić information content (AvgIpc) is 3.39. The molecule has 2 aromatic rings. The van der Waals surface area contributed by atoms with E-state index in [1.165, 1.54) is 10.7 Å². The summed E-state index contributed by atoms with van der Waals surface area (Å²) in [7, 11) is 0. The van der Waals surface area contributed by atoms with Gasteiger partial charge in [0.15, 0.2) is 12.3 Å². The molecule has 1 spiro atoms. The van der Waals surface area contributed by atoms with E-state index < -0.39 is 30.2 Å². The molecule has 1 aliphatic heterocycles. The first-order valence-electron chi connectivity index (χ1n) is 10.6. The van der Waals surface area contributed by atoms with Gasteiger partial charge in [0.1, 0.15) is 5.75 Å². The molecule has 0 unspecified atom stereocenters. The predicted octanol–water partition coefficient (Wildman–Crippen LogP) is 3.45. The van der Waals surface area contributed by atoms with Crippen molar-refractivity contribution in [2.75, 3.05) is 6.61 Å². The number of aryl methyl sites for hydroxylation is 2. The molecule has 1 amide bonds. The molecule has 1 aromatic heterocycles. The van der Waals surface area contributed by atoms with Gasteiger partial charge in [-0.1, -0.05) is 18.9 Å². The predicted molar refractivity (Wildman–Crippen MR) is 106 cm³/mol. The lowest BCUT2D eigenvalue weighted by molar-refractivity contribution is -0.153. The van der Waals surface area contributed by atoms with Crippen LogP contribution >= 0.6 is 0 Å². The molecular formula is C22H22F3N3O4. The first-order valence-corrected chi connectivity index (χ1v) is 10.6. The molecular weight excluding hydrogens is 427 g/mol. The lowest BCUT2D eigenvalue weighted by Crippen LogP contribution is -2.50. The van der Waals surface area contributed by atoms with E-state index in [0.29, 0.717) is 37.4 Å². The summed E-state index contributed by atoms with van der Waals surface area (Å²) in [4.78, 5) is 25.0. The molecule has 0 bridgehead atoms. The van der Waals surface area contributed by atoms with E-state index in [2.05, 4.69) is 10.4 Å². The first-order chi connectivity index (χ1) is 15.2. The van der Waals surface area contributed by atoms with Crippen molar-refractivity contribution < 1.29 is 32.6 Å². The van der Waals surface area contributed by atoms with Crippen LogP contribution in [0.25, 0.3) is 0 Å². The minimum Gasteiger partial charge on any atom is -0.484 e. The highest BCUT2D eigenvalue weighted by Gasteiger charge is 2.47. The van der Waals surface area contributed by atoms with Crippen LogP contribution in [0.2, 0.25) is 0 Å². The Morgan fingerprint density at radius 2 is 2.12 bits per heavy atom. The van der Waals surface area contributed by atoms with Gasteiger partial charge in [-0.05, 0) is 48.4 Å². The number of carbonyl (C=O) groups is 2. The molecule has 32 heavy (non-hydrogen) atoms. The minimum absolute atomic E-state index is 0.0814. The largest absolute Gasteiger partial charge is 0.484 e. The molecule has 0 saturated heterocycles. The number of carboxylic acid groups (broad SMARTS) is 1. The number of hydrogen-bond acceptors (Lipinski definition) is 4. The number of hydrogen-bond donors (Lipinski definition) is 2. The van der Waals surface area contributed by atoms with Gasteiger partial charge in [-0.3, -0.25) is 9.48 Å². The second-order valence-electron chi connectivity index (χ2n) is 8.87. The van der Waals surface area contributed by atoms with Crippen molar-refractivity contribution in [1.29, 1.82) is 0 Å². The molecule has 2 N–H and O–H groups in total. The van der Waals surface area contributed by atoms with E-state index in [9.17, 15) is 27.9 Å². The Morgan fingerprint density at radius 1 is 1.34 bits per heavy atom. The number of alkyl halides is 3. The number of nitrogens with zero attached hydrogens (tertiary/aromatic N) is 2. The topological polar surface area (TPSA) is 93.5 Å². The third-order valence-electron chi connectivity index (χ3n) is 6.54. The fourth-order valence-corrected chi connectivity index (χ4v) is 4.87. The van der Waals surface area contributed by atoms with Crippen LogP contribution in [0.4, 0.5) is 13.2 Å². The number of aromatic carboxylic acids is 1. The number of halogens is 3.